The summed E-state index contributed by atoms with van der Waals surface area (Å²) >= 11 is 0. The zero-order chi connectivity index (χ0) is 27.3. The summed E-state index contributed by atoms with van der Waals surface area (Å²) in [5, 5.41) is 6.96. The van der Waals surface area contributed by atoms with Gasteiger partial charge >= 0.3 is 12.1 Å². The topological polar surface area (TPSA) is 94.8 Å². The Hall–Kier alpha value is -3.70. The molecule has 0 aliphatic heterocycles. The number of halogens is 4. The number of hydrogen-bond acceptors (Lipinski definition) is 6. The first kappa shape index (κ1) is 27.3. The molecule has 2 heterocycles. The van der Waals surface area contributed by atoms with Gasteiger partial charge in [0.2, 0.25) is 12.3 Å². The van der Waals surface area contributed by atoms with E-state index in [1.165, 1.54) is 23.0 Å². The van der Waals surface area contributed by atoms with Gasteiger partial charge in [-0.1, -0.05) is 30.3 Å². The molecule has 2 aromatic heterocycles. The summed E-state index contributed by atoms with van der Waals surface area (Å²) < 4.78 is 65.3. The maximum Gasteiger partial charge on any atom is 0.408 e. The lowest BCUT2D eigenvalue weighted by Gasteiger charge is -2.33. The zero-order valence-corrected chi connectivity index (χ0v) is 20.7. The molecule has 12 heteroatoms. The average Bonchev–Trinajstić information content (AvgIpc) is 3.32. The van der Waals surface area contributed by atoms with Crippen molar-refractivity contribution in [2.45, 2.75) is 63.0 Å². The molecule has 3 aromatic rings. The fraction of sp³-hybridized carbons (Fsp3) is 0.462. The number of esters is 1. The smallest absolute Gasteiger partial charge is 0.408 e. The lowest BCUT2D eigenvalue weighted by atomic mass is 9.81. The summed E-state index contributed by atoms with van der Waals surface area (Å²) in [7, 11) is 1.11. The molecule has 1 fully saturated rings. The zero-order valence-electron chi connectivity index (χ0n) is 20.7. The molecule has 1 aliphatic rings. The van der Waals surface area contributed by atoms with Gasteiger partial charge in [-0.2, -0.15) is 5.10 Å². The third-order valence-electron chi connectivity index (χ3n) is 6.70. The van der Waals surface area contributed by atoms with E-state index in [1.54, 1.807) is 12.1 Å². The van der Waals surface area contributed by atoms with Crippen molar-refractivity contribution >= 4 is 17.7 Å². The van der Waals surface area contributed by atoms with Crippen LogP contribution in [0, 0.1) is 5.92 Å². The number of carbonyl (C=O) groups excluding carboxylic acids is 2. The number of hydrogen-bond donors (Lipinski definition) is 1. The lowest BCUT2D eigenvalue weighted by Crippen LogP contribution is -2.37. The van der Waals surface area contributed by atoms with Gasteiger partial charge in [0.05, 0.1) is 37.2 Å². The van der Waals surface area contributed by atoms with Crippen molar-refractivity contribution in [2.24, 2.45) is 5.92 Å². The average molecular weight is 537 g/mol. The first-order valence-corrected chi connectivity index (χ1v) is 12.2. The number of fused-ring (bicyclic) bond motifs is 1. The Balaban J connectivity index is 1.58. The predicted octanol–water partition coefficient (Wildman–Crippen LogP) is 5.43. The summed E-state index contributed by atoms with van der Waals surface area (Å²) in [5.74, 6) is -5.17. The van der Waals surface area contributed by atoms with E-state index in [9.17, 15) is 27.2 Å². The molecular weight excluding hydrogens is 508 g/mol. The SMILES string of the molecule is COC(=O)[C@@H](CC(F)F)c1cnn2cc([C@@H](NC(=O)OCc3ccccc3)C3CCC(F)(F)CC3)nc2c1. The van der Waals surface area contributed by atoms with Gasteiger partial charge in [0, 0.05) is 19.3 Å². The lowest BCUT2D eigenvalue weighted by molar-refractivity contribution is -0.143. The van der Waals surface area contributed by atoms with Gasteiger partial charge in [-0.25, -0.2) is 31.9 Å². The molecule has 0 bridgehead atoms. The number of nitrogens with one attached hydrogen (secondary N) is 1. The minimum Gasteiger partial charge on any atom is -0.469 e. The van der Waals surface area contributed by atoms with Crippen LogP contribution in [0.15, 0.2) is 48.8 Å². The van der Waals surface area contributed by atoms with Crippen LogP contribution in [-0.2, 0) is 20.9 Å². The minimum atomic E-state index is -2.77. The monoisotopic (exact) mass is 536 g/mol. The van der Waals surface area contributed by atoms with Crippen LogP contribution in [0.4, 0.5) is 22.4 Å². The van der Waals surface area contributed by atoms with Gasteiger partial charge < -0.3 is 14.8 Å². The van der Waals surface area contributed by atoms with Crippen molar-refractivity contribution in [3.8, 4) is 0 Å². The molecule has 1 aliphatic carbocycles. The van der Waals surface area contributed by atoms with Crippen LogP contribution < -0.4 is 5.32 Å². The van der Waals surface area contributed by atoms with Crippen molar-refractivity contribution in [2.75, 3.05) is 7.11 Å². The van der Waals surface area contributed by atoms with E-state index in [2.05, 4.69) is 20.1 Å². The normalized spacial score (nSPS) is 17.2. The predicted molar refractivity (Wildman–Crippen MR) is 128 cm³/mol. The van der Waals surface area contributed by atoms with Crippen LogP contribution in [0.25, 0.3) is 5.65 Å². The number of nitrogens with zero attached hydrogens (tertiary/aromatic N) is 3. The Morgan fingerprint density at radius 3 is 2.55 bits per heavy atom. The number of alkyl carbamates (subject to hydrolysis) is 1. The molecule has 0 unspecified atom stereocenters. The second-order valence-corrected chi connectivity index (χ2v) is 9.34. The largest absolute Gasteiger partial charge is 0.469 e. The Kier molecular flexibility index (Phi) is 8.48. The summed E-state index contributed by atoms with van der Waals surface area (Å²) in [4.78, 5) is 29.3. The Morgan fingerprint density at radius 2 is 1.89 bits per heavy atom. The van der Waals surface area contributed by atoms with Crippen LogP contribution in [0.3, 0.4) is 0 Å². The molecule has 2 atom stereocenters. The molecule has 204 valence electrons. The van der Waals surface area contributed by atoms with Crippen molar-refractivity contribution in [3.05, 3.63) is 65.6 Å². The van der Waals surface area contributed by atoms with Crippen LogP contribution in [0.1, 0.15) is 60.9 Å². The fourth-order valence-corrected chi connectivity index (χ4v) is 4.66. The van der Waals surface area contributed by atoms with Crippen LogP contribution in [-0.4, -0.2) is 46.1 Å². The quantitative estimate of drug-likeness (QED) is 0.289. The third kappa shape index (κ3) is 6.78. The number of amides is 1. The van der Waals surface area contributed by atoms with E-state index < -0.39 is 42.8 Å². The number of aromatic nitrogens is 3. The molecule has 1 saturated carbocycles. The molecule has 38 heavy (non-hydrogen) atoms. The molecule has 1 amide bonds. The number of benzene rings is 1. The van der Waals surface area contributed by atoms with E-state index in [-0.39, 0.29) is 49.4 Å². The van der Waals surface area contributed by atoms with Crippen LogP contribution in [0.2, 0.25) is 0 Å². The Bertz CT molecular complexity index is 1240. The van der Waals surface area contributed by atoms with Gasteiger partial charge in [-0.05, 0) is 36.0 Å². The number of carbonyl (C=O) groups is 2. The summed E-state index contributed by atoms with van der Waals surface area (Å²) in [5.41, 5.74) is 1.58. The number of rotatable bonds is 9. The summed E-state index contributed by atoms with van der Waals surface area (Å²) in [6, 6.07) is 9.75. The van der Waals surface area contributed by atoms with Crippen molar-refractivity contribution < 1.29 is 36.6 Å². The van der Waals surface area contributed by atoms with Crippen molar-refractivity contribution in [1.82, 2.24) is 19.9 Å². The first-order valence-electron chi connectivity index (χ1n) is 12.2. The number of methoxy groups -OCH3 is 1. The highest BCUT2D eigenvalue weighted by Gasteiger charge is 2.39. The summed E-state index contributed by atoms with van der Waals surface area (Å²) in [6.45, 7) is 0.0251. The van der Waals surface area contributed by atoms with E-state index in [0.29, 0.717) is 5.69 Å². The fourth-order valence-electron chi connectivity index (χ4n) is 4.66. The van der Waals surface area contributed by atoms with Crippen LogP contribution in [0.5, 0.6) is 0 Å². The number of imidazole rings is 1. The molecule has 8 nitrogen and oxygen atoms in total. The van der Waals surface area contributed by atoms with Gasteiger partial charge in [0.25, 0.3) is 0 Å². The van der Waals surface area contributed by atoms with Crippen LogP contribution >= 0.6 is 0 Å². The highest BCUT2D eigenvalue weighted by atomic mass is 19.3. The van der Waals surface area contributed by atoms with Gasteiger partial charge in [0.15, 0.2) is 5.65 Å². The van der Waals surface area contributed by atoms with E-state index in [1.807, 2.05) is 18.2 Å². The maximum absolute atomic E-state index is 13.9. The molecule has 0 saturated heterocycles. The maximum atomic E-state index is 13.9. The Labute approximate surface area is 216 Å². The second-order valence-electron chi connectivity index (χ2n) is 9.34. The molecule has 1 N–H and O–H groups in total. The Morgan fingerprint density at radius 1 is 1.18 bits per heavy atom. The second kappa shape index (κ2) is 11.8. The minimum absolute atomic E-state index is 0.0251. The molecule has 0 radical (unpaired) electrons. The van der Waals surface area contributed by atoms with E-state index in [4.69, 9.17) is 4.74 Å². The first-order chi connectivity index (χ1) is 18.1. The van der Waals surface area contributed by atoms with Crippen molar-refractivity contribution in [3.63, 3.8) is 0 Å². The molecule has 1 aromatic carbocycles. The molecular formula is C26H28F4N4O4. The highest BCUT2D eigenvalue weighted by molar-refractivity contribution is 5.78. The van der Waals surface area contributed by atoms with Gasteiger partial charge in [-0.15, -0.1) is 0 Å². The van der Waals surface area contributed by atoms with Gasteiger partial charge in [-0.3, -0.25) is 4.79 Å². The van der Waals surface area contributed by atoms with Gasteiger partial charge in [0.1, 0.15) is 6.61 Å². The van der Waals surface area contributed by atoms with E-state index in [0.717, 1.165) is 12.7 Å². The number of ether oxygens (including phenoxy) is 2. The third-order valence-corrected chi connectivity index (χ3v) is 6.70. The van der Waals surface area contributed by atoms with E-state index >= 15 is 0 Å². The van der Waals surface area contributed by atoms with Crippen molar-refractivity contribution in [1.29, 1.82) is 0 Å². The molecule has 4 rings (SSSR count). The summed E-state index contributed by atoms with van der Waals surface area (Å²) in [6.07, 6.45) is -1.74. The molecule has 0 spiro atoms. The number of alkyl halides is 4. The highest BCUT2D eigenvalue weighted by Crippen LogP contribution is 2.41. The standard InChI is InChI=1S/C26H28F4N4O4/c1-37-24(35)19(12-21(27)28)18-11-22-32-20(14-34(22)31-13-18)23(17-7-9-26(29,30)10-8-17)33-25(36)38-15-16-5-3-2-4-6-16/h2-6,11,13-14,17,19,21,23H,7-10,12,15H2,1H3,(H,33,36)/t19-,23-/m0/s1.